The Kier molecular flexibility index (Phi) is 2.78. The minimum absolute atomic E-state index is 0.143. The van der Waals surface area contributed by atoms with Crippen LogP contribution in [0.1, 0.15) is 11.3 Å². The molecule has 2 rings (SSSR count). The molecule has 0 saturated heterocycles. The van der Waals surface area contributed by atoms with Gasteiger partial charge in [-0.1, -0.05) is 0 Å². The van der Waals surface area contributed by atoms with Gasteiger partial charge in [-0.25, -0.2) is 0 Å². The lowest BCUT2D eigenvalue weighted by atomic mass is 10.1. The van der Waals surface area contributed by atoms with Gasteiger partial charge < -0.3 is 14.8 Å². The van der Waals surface area contributed by atoms with Crippen molar-refractivity contribution in [3.8, 4) is 0 Å². The monoisotopic (exact) mass is 221 g/mol. The van der Waals surface area contributed by atoms with Crippen LogP contribution >= 0.6 is 0 Å². The van der Waals surface area contributed by atoms with E-state index in [1.807, 2.05) is 7.05 Å². The van der Waals surface area contributed by atoms with Crippen molar-refractivity contribution in [2.75, 3.05) is 18.9 Å². The van der Waals surface area contributed by atoms with Gasteiger partial charge in [0.15, 0.2) is 0 Å². The zero-order valence-corrected chi connectivity index (χ0v) is 9.49. The van der Waals surface area contributed by atoms with Crippen molar-refractivity contribution in [3.05, 3.63) is 27.7 Å². The molecule has 0 unspecified atom stereocenters. The Morgan fingerprint density at radius 3 is 2.88 bits per heavy atom. The number of fused-ring (bicyclic) bond motifs is 1. The summed E-state index contributed by atoms with van der Waals surface area (Å²) in [7, 11) is 3.79. The van der Waals surface area contributed by atoms with E-state index < -0.39 is 0 Å². The molecule has 0 bridgehead atoms. The van der Waals surface area contributed by atoms with Crippen molar-refractivity contribution in [1.82, 2.24) is 9.47 Å². The highest BCUT2D eigenvalue weighted by molar-refractivity contribution is 5.71. The van der Waals surface area contributed by atoms with Crippen molar-refractivity contribution < 1.29 is 4.79 Å². The molecule has 2 heterocycles. The summed E-state index contributed by atoms with van der Waals surface area (Å²) in [6.45, 7) is 1.78. The number of nitrogens with one attached hydrogen (secondary N) is 1. The fourth-order valence-corrected chi connectivity index (χ4v) is 2.14. The summed E-state index contributed by atoms with van der Waals surface area (Å²) >= 11 is 0. The van der Waals surface area contributed by atoms with E-state index in [9.17, 15) is 9.59 Å². The molecule has 0 aliphatic carbocycles. The summed E-state index contributed by atoms with van der Waals surface area (Å²) in [6.07, 6.45) is 1.41. The summed E-state index contributed by atoms with van der Waals surface area (Å²) in [5.41, 5.74) is 2.39. The highest BCUT2D eigenvalue weighted by Gasteiger charge is 2.18. The first-order valence-electron chi connectivity index (χ1n) is 5.24. The molecule has 1 N–H and O–H groups in total. The van der Waals surface area contributed by atoms with Gasteiger partial charge in [-0.05, 0) is 18.7 Å². The van der Waals surface area contributed by atoms with Crippen LogP contribution in [0.4, 0.5) is 5.69 Å². The van der Waals surface area contributed by atoms with Crippen LogP contribution in [0.5, 0.6) is 0 Å². The molecular weight excluding hydrogens is 206 g/mol. The van der Waals surface area contributed by atoms with Gasteiger partial charge in [0.05, 0.1) is 0 Å². The highest BCUT2D eigenvalue weighted by Crippen LogP contribution is 2.18. The van der Waals surface area contributed by atoms with E-state index in [4.69, 9.17) is 0 Å². The number of anilines is 1. The van der Waals surface area contributed by atoms with Gasteiger partial charge in [0.1, 0.15) is 5.69 Å². The molecule has 0 atom stereocenters. The molecule has 1 aromatic heterocycles. The molecule has 0 radical (unpaired) electrons. The molecule has 16 heavy (non-hydrogen) atoms. The number of rotatable bonds is 2. The van der Waals surface area contributed by atoms with Gasteiger partial charge in [0.25, 0.3) is 5.56 Å². The van der Waals surface area contributed by atoms with E-state index in [0.717, 1.165) is 30.8 Å². The molecule has 0 saturated carbocycles. The number of hydrogen-bond acceptors (Lipinski definition) is 3. The fourth-order valence-electron chi connectivity index (χ4n) is 2.14. The topological polar surface area (TPSA) is 54.3 Å². The minimum Gasteiger partial charge on any atom is -0.324 e. The number of carbonyl (C=O) groups excluding carboxylic acids is 1. The lowest BCUT2D eigenvalue weighted by molar-refractivity contribution is -0.105. The normalized spacial score (nSPS) is 15.6. The largest absolute Gasteiger partial charge is 0.324 e. The number of hydrogen-bond donors (Lipinski definition) is 1. The van der Waals surface area contributed by atoms with Crippen LogP contribution in [-0.2, 0) is 24.8 Å². The molecule has 1 aliphatic heterocycles. The number of nitrogens with zero attached hydrogens (tertiary/aromatic N) is 2. The number of likely N-dealkylation sites (N-methyl/N-ethyl adjacent to an activating group) is 1. The van der Waals surface area contributed by atoms with Crippen molar-refractivity contribution in [2.24, 2.45) is 7.05 Å². The Morgan fingerprint density at radius 1 is 1.44 bits per heavy atom. The second-order valence-corrected chi connectivity index (χ2v) is 4.14. The van der Waals surface area contributed by atoms with Crippen LogP contribution < -0.4 is 10.9 Å². The maximum absolute atomic E-state index is 11.8. The molecule has 1 aliphatic rings. The Labute approximate surface area is 93.7 Å². The summed E-state index contributed by atoms with van der Waals surface area (Å²) in [5, 5.41) is 2.45. The maximum atomic E-state index is 11.8. The number of pyridine rings is 1. The SMILES string of the molecule is CN1CCc2c(cc(NC=O)c(=O)n2C)C1. The van der Waals surface area contributed by atoms with E-state index in [1.54, 1.807) is 17.7 Å². The predicted octanol–water partition coefficient (Wildman–Crippen LogP) is -0.0585. The van der Waals surface area contributed by atoms with Crippen molar-refractivity contribution in [1.29, 1.82) is 0 Å². The lowest BCUT2D eigenvalue weighted by Gasteiger charge is -2.26. The van der Waals surface area contributed by atoms with Crippen LogP contribution in [0.3, 0.4) is 0 Å². The third-order valence-corrected chi connectivity index (χ3v) is 3.01. The van der Waals surface area contributed by atoms with Crippen LogP contribution in [0, 0.1) is 0 Å². The van der Waals surface area contributed by atoms with Gasteiger partial charge in [0, 0.05) is 32.3 Å². The van der Waals surface area contributed by atoms with Crippen LogP contribution in [0.15, 0.2) is 10.9 Å². The van der Waals surface area contributed by atoms with Crippen molar-refractivity contribution in [2.45, 2.75) is 13.0 Å². The second kappa shape index (κ2) is 4.09. The van der Waals surface area contributed by atoms with E-state index >= 15 is 0 Å². The lowest BCUT2D eigenvalue weighted by Crippen LogP contribution is -2.33. The molecule has 86 valence electrons. The zero-order valence-electron chi connectivity index (χ0n) is 9.49. The van der Waals surface area contributed by atoms with Gasteiger partial charge in [-0.3, -0.25) is 9.59 Å². The number of amides is 1. The Hall–Kier alpha value is -1.62. The quantitative estimate of drug-likeness (QED) is 0.712. The van der Waals surface area contributed by atoms with E-state index in [2.05, 4.69) is 10.2 Å². The molecule has 0 spiro atoms. The van der Waals surface area contributed by atoms with Gasteiger partial charge >= 0.3 is 0 Å². The molecule has 0 fully saturated rings. The highest BCUT2D eigenvalue weighted by atomic mass is 16.1. The number of aromatic nitrogens is 1. The Morgan fingerprint density at radius 2 is 2.19 bits per heavy atom. The average molecular weight is 221 g/mol. The van der Waals surface area contributed by atoms with Gasteiger partial charge in [0.2, 0.25) is 6.41 Å². The second-order valence-electron chi connectivity index (χ2n) is 4.14. The third-order valence-electron chi connectivity index (χ3n) is 3.01. The first-order chi connectivity index (χ1) is 7.63. The van der Waals surface area contributed by atoms with E-state index in [-0.39, 0.29) is 5.56 Å². The Bertz CT molecular complexity index is 479. The zero-order chi connectivity index (χ0) is 11.7. The van der Waals surface area contributed by atoms with Gasteiger partial charge in [-0.2, -0.15) is 0 Å². The van der Waals surface area contributed by atoms with Crippen molar-refractivity contribution >= 4 is 12.1 Å². The van der Waals surface area contributed by atoms with Crippen LogP contribution in [0.25, 0.3) is 0 Å². The van der Waals surface area contributed by atoms with E-state index in [0.29, 0.717) is 12.1 Å². The molecule has 5 nitrogen and oxygen atoms in total. The molecular formula is C11H15N3O2. The van der Waals surface area contributed by atoms with Crippen molar-refractivity contribution in [3.63, 3.8) is 0 Å². The molecule has 1 amide bonds. The maximum Gasteiger partial charge on any atom is 0.274 e. The first-order valence-corrected chi connectivity index (χ1v) is 5.24. The first kappa shape index (κ1) is 10.9. The van der Waals surface area contributed by atoms with E-state index in [1.165, 1.54) is 0 Å². The summed E-state index contributed by atoms with van der Waals surface area (Å²) in [4.78, 5) is 24.4. The third kappa shape index (κ3) is 1.74. The molecule has 0 aromatic carbocycles. The smallest absolute Gasteiger partial charge is 0.274 e. The summed E-state index contributed by atoms with van der Waals surface area (Å²) in [6, 6.07) is 1.78. The predicted molar refractivity (Wildman–Crippen MR) is 61.4 cm³/mol. The summed E-state index contributed by atoms with van der Waals surface area (Å²) < 4.78 is 1.63. The standard InChI is InChI=1S/C11H15N3O2/c1-13-4-3-10-8(6-13)5-9(12-7-15)11(16)14(10)2/h5,7H,3-4,6H2,1-2H3,(H,12,15). The van der Waals surface area contributed by atoms with Crippen LogP contribution in [-0.4, -0.2) is 29.5 Å². The Balaban J connectivity index is 2.54. The average Bonchev–Trinajstić information content (AvgIpc) is 2.25. The minimum atomic E-state index is -0.143. The fraction of sp³-hybridized carbons (Fsp3) is 0.455. The molecule has 5 heteroatoms. The van der Waals surface area contributed by atoms with Crippen LogP contribution in [0.2, 0.25) is 0 Å². The van der Waals surface area contributed by atoms with Gasteiger partial charge in [-0.15, -0.1) is 0 Å². The number of carbonyl (C=O) groups is 1. The molecule has 1 aromatic rings. The summed E-state index contributed by atoms with van der Waals surface area (Å²) in [5.74, 6) is 0.